The van der Waals surface area contributed by atoms with Crippen LogP contribution in [0.25, 0.3) is 0 Å². The lowest BCUT2D eigenvalue weighted by atomic mass is 9.82. The van der Waals surface area contributed by atoms with Crippen LogP contribution in [0.3, 0.4) is 0 Å². The summed E-state index contributed by atoms with van der Waals surface area (Å²) in [5, 5.41) is 156. The van der Waals surface area contributed by atoms with Crippen molar-refractivity contribution >= 4 is 0 Å². The van der Waals surface area contributed by atoms with Crippen molar-refractivity contribution in [2.75, 3.05) is 26.4 Å². The van der Waals surface area contributed by atoms with Crippen LogP contribution >= 0.6 is 0 Å². The number of hydrogen-bond acceptors (Lipinski definition) is 21. The van der Waals surface area contributed by atoms with E-state index in [1.807, 2.05) is 0 Å². The fraction of sp³-hybridized carbons (Fsp3) is 1.00. The van der Waals surface area contributed by atoms with E-state index in [-0.39, 0.29) is 0 Å². The predicted molar refractivity (Wildman–Crippen MR) is 134 cm³/mol. The van der Waals surface area contributed by atoms with E-state index in [4.69, 9.17) is 28.4 Å². The minimum atomic E-state index is -3.06. The van der Waals surface area contributed by atoms with Gasteiger partial charge in [0.25, 0.3) is 0 Å². The van der Waals surface area contributed by atoms with Gasteiger partial charge in [-0.15, -0.1) is 0 Å². The first kappa shape index (κ1) is 37.0. The molecule has 4 fully saturated rings. The largest absolute Gasteiger partial charge is 0.394 e. The number of ether oxygens (including phenoxy) is 6. The molecule has 264 valence electrons. The highest BCUT2D eigenvalue weighted by molar-refractivity contribution is 5.08. The van der Waals surface area contributed by atoms with E-state index in [0.717, 1.165) is 0 Å². The molecule has 4 saturated heterocycles. The van der Waals surface area contributed by atoms with E-state index in [0.29, 0.717) is 0 Å². The molecular weight excluding hydrogens is 624 g/mol. The normalized spacial score (nSPS) is 54.6. The van der Waals surface area contributed by atoms with Crippen LogP contribution in [0.5, 0.6) is 0 Å². The molecule has 0 aromatic heterocycles. The molecule has 15 N–H and O–H groups in total. The van der Waals surface area contributed by atoms with E-state index in [1.165, 1.54) is 0 Å². The van der Waals surface area contributed by atoms with E-state index in [1.54, 1.807) is 0 Å². The number of aliphatic hydroxyl groups is 15. The molecule has 0 unspecified atom stereocenters. The molecule has 0 aromatic carbocycles. The first-order valence-electron chi connectivity index (χ1n) is 14.1. The van der Waals surface area contributed by atoms with Gasteiger partial charge in [-0.25, -0.2) is 0 Å². The van der Waals surface area contributed by atoms with Crippen molar-refractivity contribution in [2.24, 2.45) is 0 Å². The molecule has 0 bridgehead atoms. The molecule has 0 aromatic rings. The second-order valence-corrected chi connectivity index (χ2v) is 11.4. The van der Waals surface area contributed by atoms with Crippen molar-refractivity contribution in [1.29, 1.82) is 0 Å². The molecule has 4 rings (SSSR count). The number of hydrogen-bond donors (Lipinski definition) is 15. The topological polar surface area (TPSA) is 359 Å². The third-order valence-corrected chi connectivity index (χ3v) is 8.53. The maximum Gasteiger partial charge on any atom is 0.228 e. The van der Waals surface area contributed by atoms with Crippen molar-refractivity contribution in [3.8, 4) is 0 Å². The van der Waals surface area contributed by atoms with Gasteiger partial charge in [-0.3, -0.25) is 0 Å². The molecule has 4 aliphatic rings. The van der Waals surface area contributed by atoms with E-state index in [9.17, 15) is 76.6 Å². The molecular formula is C24H42O21. The highest BCUT2D eigenvalue weighted by Gasteiger charge is 2.66. The summed E-state index contributed by atoms with van der Waals surface area (Å²) in [6.07, 6.45) is -38.0. The molecule has 4 aliphatic heterocycles. The van der Waals surface area contributed by atoms with Crippen molar-refractivity contribution in [2.45, 2.75) is 122 Å². The van der Waals surface area contributed by atoms with Crippen LogP contribution in [0.2, 0.25) is 0 Å². The van der Waals surface area contributed by atoms with Crippen molar-refractivity contribution in [3.05, 3.63) is 0 Å². The average Bonchev–Trinajstić information content (AvgIpc) is 3.03. The summed E-state index contributed by atoms with van der Waals surface area (Å²) in [5.41, 5.74) is 0. The molecule has 45 heavy (non-hydrogen) atoms. The van der Waals surface area contributed by atoms with Gasteiger partial charge in [-0.1, -0.05) is 0 Å². The maximum absolute atomic E-state index is 11.3. The van der Waals surface area contributed by atoms with E-state index >= 15 is 0 Å². The molecule has 20 atom stereocenters. The fourth-order valence-electron chi connectivity index (χ4n) is 5.83. The summed E-state index contributed by atoms with van der Waals surface area (Å²) in [6.45, 7) is -3.89. The quantitative estimate of drug-likeness (QED) is 0.109. The first-order chi connectivity index (χ1) is 21.2. The summed E-state index contributed by atoms with van der Waals surface area (Å²) >= 11 is 0. The zero-order valence-corrected chi connectivity index (χ0v) is 23.5. The third-order valence-electron chi connectivity index (χ3n) is 8.53. The fourth-order valence-corrected chi connectivity index (χ4v) is 5.83. The van der Waals surface area contributed by atoms with Gasteiger partial charge >= 0.3 is 0 Å². The van der Waals surface area contributed by atoms with Crippen LogP contribution in [-0.2, 0) is 28.4 Å². The highest BCUT2D eigenvalue weighted by Crippen LogP contribution is 2.43. The number of rotatable bonds is 9. The Balaban J connectivity index is 1.72. The second kappa shape index (κ2) is 14.7. The lowest BCUT2D eigenvalue weighted by Gasteiger charge is -2.56. The standard InChI is InChI=1S/C24H42O21/c25-1-5-9(29)13(33)16(36)21(40-5)24(20(39)15(35)11(31)8(4-28)44-24)45-19-12(32)7(3-27)42-23(18(19)38)43-22-17(37)14(34)10(30)6(2-26)41-22/h5-23,25-39H,1-4H2/t5-,6-,7-,8-,9-,10-,11-,12-,13+,14+,15+,16-,17-,18-,19+,20-,21+,22-,23-,24+/m1/s1. The van der Waals surface area contributed by atoms with Gasteiger partial charge in [0.2, 0.25) is 5.79 Å². The Bertz CT molecular complexity index is 943. The summed E-state index contributed by atoms with van der Waals surface area (Å²) in [6, 6.07) is 0. The first-order valence-corrected chi connectivity index (χ1v) is 14.1. The summed E-state index contributed by atoms with van der Waals surface area (Å²) in [5.74, 6) is -3.06. The van der Waals surface area contributed by atoms with Gasteiger partial charge in [0.05, 0.1) is 26.4 Å². The molecule has 4 heterocycles. The molecule has 0 radical (unpaired) electrons. The van der Waals surface area contributed by atoms with Gasteiger partial charge in [-0.2, -0.15) is 0 Å². The summed E-state index contributed by atoms with van der Waals surface area (Å²) in [4.78, 5) is 0. The van der Waals surface area contributed by atoms with Gasteiger partial charge in [-0.05, 0) is 0 Å². The van der Waals surface area contributed by atoms with Crippen LogP contribution < -0.4 is 0 Å². The Kier molecular flexibility index (Phi) is 12.1. The Morgan fingerprint density at radius 2 is 0.889 bits per heavy atom. The average molecular weight is 667 g/mol. The molecule has 0 saturated carbocycles. The Morgan fingerprint density at radius 3 is 1.42 bits per heavy atom. The van der Waals surface area contributed by atoms with Crippen LogP contribution in [0.1, 0.15) is 0 Å². The Labute approximate surface area is 254 Å². The minimum absolute atomic E-state index is 0.848. The van der Waals surface area contributed by atoms with Gasteiger partial charge < -0.3 is 105 Å². The molecule has 21 nitrogen and oxygen atoms in total. The van der Waals surface area contributed by atoms with Crippen LogP contribution in [-0.4, -0.2) is 225 Å². The molecule has 0 spiro atoms. The second-order valence-electron chi connectivity index (χ2n) is 11.4. The smallest absolute Gasteiger partial charge is 0.228 e. The monoisotopic (exact) mass is 666 g/mol. The van der Waals surface area contributed by atoms with Crippen molar-refractivity contribution < 1.29 is 105 Å². The Morgan fingerprint density at radius 1 is 0.444 bits per heavy atom. The van der Waals surface area contributed by atoms with Gasteiger partial charge in [0, 0.05) is 0 Å². The summed E-state index contributed by atoms with van der Waals surface area (Å²) in [7, 11) is 0. The van der Waals surface area contributed by atoms with Crippen LogP contribution in [0.4, 0.5) is 0 Å². The van der Waals surface area contributed by atoms with Gasteiger partial charge in [0.1, 0.15) is 104 Å². The lowest BCUT2D eigenvalue weighted by Crippen LogP contribution is -2.77. The Hall–Kier alpha value is -0.840. The third kappa shape index (κ3) is 6.61. The molecule has 21 heteroatoms. The number of aliphatic hydroxyl groups excluding tert-OH is 15. The van der Waals surface area contributed by atoms with E-state index < -0.39 is 149 Å². The van der Waals surface area contributed by atoms with Crippen LogP contribution in [0, 0.1) is 0 Å². The van der Waals surface area contributed by atoms with Gasteiger partial charge in [0.15, 0.2) is 12.6 Å². The summed E-state index contributed by atoms with van der Waals surface area (Å²) < 4.78 is 33.0. The zero-order valence-electron chi connectivity index (χ0n) is 23.5. The lowest BCUT2D eigenvalue weighted by molar-refractivity contribution is -0.448. The molecule has 0 amide bonds. The van der Waals surface area contributed by atoms with E-state index in [2.05, 4.69) is 0 Å². The SMILES string of the molecule is OC[C@H]1O[C@H]([C@]2(O[C@@H]3[C@@H](O)[C@@H](O[C@H]4O[C@H](CO)[C@@H](O)[C@H](O)[C@H]4O)O[C@H](CO)[C@H]3O)O[C@H](CO)[C@@H](O)[C@H](O)[C@H]2O)[C@H](O)[C@@H](O)[C@@H]1O. The zero-order chi connectivity index (χ0) is 33.5. The van der Waals surface area contributed by atoms with Crippen molar-refractivity contribution in [1.82, 2.24) is 0 Å². The van der Waals surface area contributed by atoms with Crippen molar-refractivity contribution in [3.63, 3.8) is 0 Å². The predicted octanol–water partition coefficient (Wildman–Crippen LogP) is -10.4. The maximum atomic E-state index is 11.3. The highest BCUT2D eigenvalue weighted by atomic mass is 16.8. The van der Waals surface area contributed by atoms with Crippen LogP contribution in [0.15, 0.2) is 0 Å². The molecule has 0 aliphatic carbocycles. The minimum Gasteiger partial charge on any atom is -0.394 e.